The Bertz CT molecular complexity index is 919. The number of ketones is 1. The maximum Gasteiger partial charge on any atom is 0.211 e. The van der Waals surface area contributed by atoms with Crippen LogP contribution in [-0.2, 0) is 19.6 Å². The van der Waals surface area contributed by atoms with Gasteiger partial charge in [0.25, 0.3) is 0 Å². The summed E-state index contributed by atoms with van der Waals surface area (Å²) in [6.45, 7) is 8.31. The summed E-state index contributed by atoms with van der Waals surface area (Å²) in [6, 6.07) is 0. The second-order valence-electron chi connectivity index (χ2n) is 13.1. The summed E-state index contributed by atoms with van der Waals surface area (Å²) in [5, 5.41) is 11.1. The van der Waals surface area contributed by atoms with Gasteiger partial charge >= 0.3 is 0 Å². The van der Waals surface area contributed by atoms with Gasteiger partial charge in [-0.1, -0.05) is 6.92 Å². The lowest BCUT2D eigenvalue weighted by atomic mass is 9.49. The number of rotatable bonds is 7. The highest BCUT2D eigenvalue weighted by molar-refractivity contribution is 7.88. The molecule has 0 radical (unpaired) electrons. The standard InChI is InChI=1S/C28H48N2O5S/c1-4-35-19-28(32)12-10-21-20(17-28)5-6-23-22(21)9-11-27(2)24(23)7-8-25(27)26(31)18-29-13-15-30(16-14-29)36(3,33)34/h20-25,32H,4-19H2,1-3H3/t20-,21-,22+,23+,24-,25+,27-,28+/m0/s1. The minimum Gasteiger partial charge on any atom is -0.387 e. The molecule has 0 aromatic carbocycles. The molecule has 0 aromatic rings. The summed E-state index contributed by atoms with van der Waals surface area (Å²) in [5.41, 5.74) is -0.519. The molecule has 5 fully saturated rings. The Morgan fingerprint density at radius 2 is 1.69 bits per heavy atom. The number of ether oxygens (including phenoxy) is 1. The lowest BCUT2D eigenvalue weighted by Crippen LogP contribution is -2.53. The maximum atomic E-state index is 13.6. The largest absolute Gasteiger partial charge is 0.387 e. The number of aliphatic hydroxyl groups is 1. The third-order valence-corrected chi connectivity index (χ3v) is 12.6. The molecule has 1 N–H and O–H groups in total. The van der Waals surface area contributed by atoms with Gasteiger partial charge in [-0.25, -0.2) is 8.42 Å². The number of hydrogen-bond donors (Lipinski definition) is 1. The van der Waals surface area contributed by atoms with Crippen LogP contribution < -0.4 is 0 Å². The zero-order valence-electron chi connectivity index (χ0n) is 22.7. The first-order chi connectivity index (χ1) is 17.0. The van der Waals surface area contributed by atoms with Crippen LogP contribution in [0.3, 0.4) is 0 Å². The highest BCUT2D eigenvalue weighted by atomic mass is 32.2. The molecule has 5 rings (SSSR count). The van der Waals surface area contributed by atoms with Gasteiger partial charge in [0.05, 0.1) is 25.0 Å². The van der Waals surface area contributed by atoms with Crippen molar-refractivity contribution in [3.63, 3.8) is 0 Å². The molecule has 4 aliphatic carbocycles. The first-order valence-electron chi connectivity index (χ1n) is 14.5. The van der Waals surface area contributed by atoms with E-state index in [2.05, 4.69) is 11.8 Å². The van der Waals surface area contributed by atoms with E-state index in [0.717, 1.165) is 49.9 Å². The van der Waals surface area contributed by atoms with Crippen molar-refractivity contribution >= 4 is 15.8 Å². The van der Waals surface area contributed by atoms with Gasteiger partial charge in [0, 0.05) is 38.7 Å². The van der Waals surface area contributed by atoms with Crippen LogP contribution in [0.2, 0.25) is 0 Å². The fourth-order valence-corrected chi connectivity index (χ4v) is 10.3. The molecule has 0 unspecified atom stereocenters. The Hall–Kier alpha value is -0.540. The van der Waals surface area contributed by atoms with Crippen LogP contribution in [-0.4, -0.2) is 86.3 Å². The average molecular weight is 525 g/mol. The van der Waals surface area contributed by atoms with Crippen LogP contribution in [0, 0.1) is 40.9 Å². The van der Waals surface area contributed by atoms with Crippen LogP contribution in [0.4, 0.5) is 0 Å². The normalized spacial score (nSPS) is 44.0. The van der Waals surface area contributed by atoms with Gasteiger partial charge in [-0.3, -0.25) is 9.69 Å². The van der Waals surface area contributed by atoms with E-state index in [4.69, 9.17) is 4.74 Å². The molecular formula is C28H48N2O5S. The van der Waals surface area contributed by atoms with Crippen LogP contribution in [0.5, 0.6) is 0 Å². The first-order valence-corrected chi connectivity index (χ1v) is 16.4. The average Bonchev–Trinajstić information content (AvgIpc) is 3.19. The van der Waals surface area contributed by atoms with E-state index >= 15 is 0 Å². The molecule has 8 atom stereocenters. The molecule has 0 amide bonds. The lowest BCUT2D eigenvalue weighted by molar-refractivity contribution is -0.138. The molecule has 4 saturated carbocycles. The van der Waals surface area contributed by atoms with Crippen LogP contribution >= 0.6 is 0 Å². The van der Waals surface area contributed by atoms with Crippen molar-refractivity contribution in [2.24, 2.45) is 40.9 Å². The zero-order chi connectivity index (χ0) is 25.7. The van der Waals surface area contributed by atoms with E-state index in [0.29, 0.717) is 63.6 Å². The van der Waals surface area contributed by atoms with E-state index < -0.39 is 15.6 Å². The number of carbonyl (C=O) groups is 1. The SMILES string of the molecule is CCOC[C@@]1(O)CC[C@H]2[C@@H](CC[C@@H]3[C@@H]2CC[C@]2(C)[C@@H](C(=O)CN4CCN(S(C)(=O)=O)CC4)CC[C@@H]32)C1. The number of sulfonamides is 1. The second kappa shape index (κ2) is 10.2. The van der Waals surface area contributed by atoms with Gasteiger partial charge < -0.3 is 9.84 Å². The van der Waals surface area contributed by atoms with Crippen LogP contribution in [0.15, 0.2) is 0 Å². The van der Waals surface area contributed by atoms with Gasteiger partial charge in [-0.15, -0.1) is 0 Å². The molecule has 1 aliphatic heterocycles. The van der Waals surface area contributed by atoms with E-state index in [1.54, 1.807) is 0 Å². The summed E-state index contributed by atoms with van der Waals surface area (Å²) in [5.74, 6) is 4.04. The molecule has 0 bridgehead atoms. The monoisotopic (exact) mass is 524 g/mol. The Morgan fingerprint density at radius 3 is 2.39 bits per heavy atom. The molecule has 8 heteroatoms. The Balaban J connectivity index is 1.19. The lowest BCUT2D eigenvalue weighted by Gasteiger charge is -2.57. The Kier molecular flexibility index (Phi) is 7.67. The molecule has 7 nitrogen and oxygen atoms in total. The molecule has 36 heavy (non-hydrogen) atoms. The quantitative estimate of drug-likeness (QED) is 0.551. The van der Waals surface area contributed by atoms with Gasteiger partial charge in [-0.2, -0.15) is 4.31 Å². The van der Waals surface area contributed by atoms with Gasteiger partial charge in [-0.05, 0) is 99.7 Å². The van der Waals surface area contributed by atoms with Crippen molar-refractivity contribution in [3.8, 4) is 0 Å². The number of fused-ring (bicyclic) bond motifs is 5. The minimum atomic E-state index is -3.15. The summed E-state index contributed by atoms with van der Waals surface area (Å²) in [4.78, 5) is 15.8. The minimum absolute atomic E-state index is 0.115. The Labute approximate surface area is 218 Å². The predicted octanol–water partition coefficient (Wildman–Crippen LogP) is 3.17. The number of nitrogens with zero attached hydrogens (tertiary/aromatic N) is 2. The van der Waals surface area contributed by atoms with Crippen molar-refractivity contribution in [2.75, 3.05) is 52.2 Å². The molecule has 1 saturated heterocycles. The highest BCUT2D eigenvalue weighted by Gasteiger charge is 2.59. The van der Waals surface area contributed by atoms with Gasteiger partial charge in [0.2, 0.25) is 10.0 Å². The topological polar surface area (TPSA) is 87.2 Å². The van der Waals surface area contributed by atoms with Crippen molar-refractivity contribution < 1.29 is 23.1 Å². The predicted molar refractivity (Wildman–Crippen MR) is 140 cm³/mol. The van der Waals surface area contributed by atoms with Crippen LogP contribution in [0.1, 0.15) is 71.6 Å². The van der Waals surface area contributed by atoms with Crippen molar-refractivity contribution in [1.29, 1.82) is 0 Å². The zero-order valence-corrected chi connectivity index (χ0v) is 23.5. The van der Waals surface area contributed by atoms with Crippen molar-refractivity contribution in [3.05, 3.63) is 0 Å². The van der Waals surface area contributed by atoms with E-state index in [-0.39, 0.29) is 11.3 Å². The first kappa shape index (κ1) is 27.0. The van der Waals surface area contributed by atoms with Crippen molar-refractivity contribution in [1.82, 2.24) is 9.21 Å². The highest BCUT2D eigenvalue weighted by Crippen LogP contribution is 2.64. The summed E-state index contributed by atoms with van der Waals surface area (Å²) < 4.78 is 30.8. The van der Waals surface area contributed by atoms with E-state index in [1.807, 2.05) is 6.92 Å². The number of carbonyl (C=O) groups excluding carboxylic acids is 1. The Morgan fingerprint density at radius 1 is 0.972 bits per heavy atom. The molecular weight excluding hydrogens is 476 g/mol. The van der Waals surface area contributed by atoms with E-state index in [9.17, 15) is 18.3 Å². The molecule has 5 aliphatic rings. The maximum absolute atomic E-state index is 13.6. The number of Topliss-reactive ketones (excluding diaryl/α,β-unsaturated/α-hetero) is 1. The number of piperazine rings is 1. The fraction of sp³-hybridized carbons (Fsp3) is 0.964. The number of hydrogen-bond acceptors (Lipinski definition) is 6. The fourth-order valence-electron chi connectivity index (χ4n) is 9.46. The third kappa shape index (κ3) is 5.06. The molecule has 0 aromatic heterocycles. The molecule has 1 heterocycles. The summed E-state index contributed by atoms with van der Waals surface area (Å²) >= 11 is 0. The summed E-state index contributed by atoms with van der Waals surface area (Å²) in [6.07, 6.45) is 11.2. The van der Waals surface area contributed by atoms with Crippen LogP contribution in [0.25, 0.3) is 0 Å². The second-order valence-corrected chi connectivity index (χ2v) is 15.1. The molecule has 206 valence electrons. The van der Waals surface area contributed by atoms with E-state index in [1.165, 1.54) is 36.2 Å². The smallest absolute Gasteiger partial charge is 0.211 e. The van der Waals surface area contributed by atoms with Crippen molar-refractivity contribution in [2.45, 2.75) is 77.2 Å². The summed E-state index contributed by atoms with van der Waals surface area (Å²) in [7, 11) is -3.15. The van der Waals surface area contributed by atoms with Gasteiger partial charge in [0.1, 0.15) is 5.78 Å². The van der Waals surface area contributed by atoms with Gasteiger partial charge in [0.15, 0.2) is 0 Å². The molecule has 0 spiro atoms. The third-order valence-electron chi connectivity index (χ3n) is 11.2.